The van der Waals surface area contributed by atoms with Crippen LogP contribution in [-0.2, 0) is 14.3 Å². The summed E-state index contributed by atoms with van der Waals surface area (Å²) >= 11 is 0. The van der Waals surface area contributed by atoms with E-state index in [9.17, 15) is 0 Å². The molecule has 0 spiro atoms. The summed E-state index contributed by atoms with van der Waals surface area (Å²) in [7, 11) is 0. The summed E-state index contributed by atoms with van der Waals surface area (Å²) in [5.74, 6) is -2.68. The molecule has 0 bridgehead atoms. The molecule has 0 amide bonds. The van der Waals surface area contributed by atoms with Crippen molar-refractivity contribution in [1.29, 1.82) is 0 Å². The average molecular weight is 387 g/mol. The zero-order valence-corrected chi connectivity index (χ0v) is 15.6. The Bertz CT molecular complexity index is 732. The molecule has 0 aliphatic carbocycles. The number of hydrogen-bond donors (Lipinski definition) is 2. The molecule has 1 aliphatic rings. The highest BCUT2D eigenvalue weighted by molar-refractivity contribution is 6.27. The van der Waals surface area contributed by atoms with Crippen LogP contribution in [0.5, 0.6) is 5.75 Å². The van der Waals surface area contributed by atoms with Crippen molar-refractivity contribution in [3.8, 4) is 16.9 Å². The number of morpholine rings is 1. The second-order valence-corrected chi connectivity index (χ2v) is 6.13. The predicted octanol–water partition coefficient (Wildman–Crippen LogP) is 2.61. The maximum Gasteiger partial charge on any atom is 0.414 e. The summed E-state index contributed by atoms with van der Waals surface area (Å²) in [5, 5.41) is 14.8. The van der Waals surface area contributed by atoms with Crippen LogP contribution < -0.4 is 4.74 Å². The van der Waals surface area contributed by atoms with Crippen molar-refractivity contribution in [3.05, 3.63) is 54.6 Å². The minimum atomic E-state index is -1.82. The van der Waals surface area contributed by atoms with E-state index in [-0.39, 0.29) is 0 Å². The van der Waals surface area contributed by atoms with Crippen LogP contribution in [-0.4, -0.2) is 66.5 Å². The molecule has 1 heterocycles. The van der Waals surface area contributed by atoms with Crippen LogP contribution in [0.4, 0.5) is 0 Å². The average Bonchev–Trinajstić information content (AvgIpc) is 2.73. The van der Waals surface area contributed by atoms with Gasteiger partial charge in [-0.15, -0.1) is 0 Å². The van der Waals surface area contributed by atoms with Crippen LogP contribution >= 0.6 is 0 Å². The number of benzene rings is 2. The van der Waals surface area contributed by atoms with E-state index in [2.05, 4.69) is 47.4 Å². The number of ether oxygens (including phenoxy) is 2. The molecule has 0 atom stereocenters. The molecule has 150 valence electrons. The van der Waals surface area contributed by atoms with Gasteiger partial charge in [-0.1, -0.05) is 48.5 Å². The van der Waals surface area contributed by atoms with Gasteiger partial charge in [-0.25, -0.2) is 9.59 Å². The van der Waals surface area contributed by atoms with E-state index in [1.165, 1.54) is 5.56 Å². The zero-order valence-electron chi connectivity index (χ0n) is 15.6. The Hall–Kier alpha value is -2.90. The first kappa shape index (κ1) is 21.4. The molecule has 1 aliphatic heterocycles. The van der Waals surface area contributed by atoms with Crippen molar-refractivity contribution in [1.82, 2.24) is 4.90 Å². The number of aliphatic carboxylic acids is 2. The maximum absolute atomic E-state index is 9.10. The van der Waals surface area contributed by atoms with E-state index in [4.69, 9.17) is 29.3 Å². The van der Waals surface area contributed by atoms with E-state index in [1.807, 2.05) is 12.1 Å². The van der Waals surface area contributed by atoms with Gasteiger partial charge in [0, 0.05) is 25.2 Å². The Morgan fingerprint density at radius 2 is 1.54 bits per heavy atom. The third kappa shape index (κ3) is 7.38. The van der Waals surface area contributed by atoms with E-state index in [0.29, 0.717) is 0 Å². The summed E-state index contributed by atoms with van der Waals surface area (Å²) in [4.78, 5) is 20.6. The molecule has 0 unspecified atom stereocenters. The van der Waals surface area contributed by atoms with E-state index in [1.54, 1.807) is 0 Å². The van der Waals surface area contributed by atoms with Gasteiger partial charge in [0.25, 0.3) is 0 Å². The van der Waals surface area contributed by atoms with Gasteiger partial charge in [-0.2, -0.15) is 0 Å². The minimum Gasteiger partial charge on any atom is -0.493 e. The van der Waals surface area contributed by atoms with Crippen LogP contribution in [0.25, 0.3) is 11.1 Å². The van der Waals surface area contributed by atoms with Gasteiger partial charge in [0.1, 0.15) is 5.75 Å². The van der Waals surface area contributed by atoms with Crippen molar-refractivity contribution >= 4 is 11.9 Å². The summed E-state index contributed by atoms with van der Waals surface area (Å²) in [6.45, 7) is 5.63. The fraction of sp³-hybridized carbons (Fsp3) is 0.333. The Kier molecular flexibility index (Phi) is 8.97. The Morgan fingerprint density at radius 3 is 2.18 bits per heavy atom. The number of carboxylic acids is 2. The molecule has 28 heavy (non-hydrogen) atoms. The van der Waals surface area contributed by atoms with Gasteiger partial charge in [-0.05, 0) is 18.1 Å². The van der Waals surface area contributed by atoms with E-state index < -0.39 is 11.9 Å². The standard InChI is InChI=1S/C19H23NO2.C2H2O4/c1-2-7-17(8-3-1)18-9-4-5-10-19(18)22-14-6-11-20-12-15-21-16-13-20;3-1(4)2(5)6/h1-5,7-10H,6,11-16H2;(H,3,4)(H,5,6). The molecule has 2 aromatic carbocycles. The molecule has 7 nitrogen and oxygen atoms in total. The number of para-hydroxylation sites is 1. The normalized spacial score (nSPS) is 13.9. The molecular weight excluding hydrogens is 362 g/mol. The second kappa shape index (κ2) is 11.7. The number of carbonyl (C=O) groups is 2. The molecule has 0 aromatic heterocycles. The number of rotatable bonds is 6. The monoisotopic (exact) mass is 387 g/mol. The SMILES string of the molecule is O=C(O)C(=O)O.c1ccc(-c2ccccc2OCCCN2CCOCC2)cc1. The highest BCUT2D eigenvalue weighted by Crippen LogP contribution is 2.29. The van der Waals surface area contributed by atoms with Gasteiger partial charge in [0.05, 0.1) is 19.8 Å². The van der Waals surface area contributed by atoms with Crippen LogP contribution in [0.2, 0.25) is 0 Å². The highest BCUT2D eigenvalue weighted by Gasteiger charge is 2.10. The van der Waals surface area contributed by atoms with E-state index >= 15 is 0 Å². The molecule has 7 heteroatoms. The smallest absolute Gasteiger partial charge is 0.414 e. The quantitative estimate of drug-likeness (QED) is 0.581. The Labute approximate surface area is 164 Å². The number of nitrogens with zero attached hydrogens (tertiary/aromatic N) is 1. The first-order valence-electron chi connectivity index (χ1n) is 9.11. The van der Waals surface area contributed by atoms with Crippen molar-refractivity contribution in [2.75, 3.05) is 39.5 Å². The molecule has 2 N–H and O–H groups in total. The lowest BCUT2D eigenvalue weighted by Crippen LogP contribution is -2.37. The number of hydrogen-bond acceptors (Lipinski definition) is 5. The van der Waals surface area contributed by atoms with Crippen LogP contribution in [0.3, 0.4) is 0 Å². The minimum absolute atomic E-state index is 0.751. The number of carboxylic acid groups (broad SMARTS) is 2. The molecule has 0 saturated carbocycles. The summed E-state index contributed by atoms with van der Waals surface area (Å²) < 4.78 is 11.4. The third-order valence-electron chi connectivity index (χ3n) is 4.13. The van der Waals surface area contributed by atoms with Crippen LogP contribution in [0.1, 0.15) is 6.42 Å². The molecule has 2 aromatic rings. The summed E-state index contributed by atoms with van der Waals surface area (Å²) in [6.07, 6.45) is 1.04. The van der Waals surface area contributed by atoms with Crippen LogP contribution in [0, 0.1) is 0 Å². The predicted molar refractivity (Wildman–Crippen MR) is 105 cm³/mol. The van der Waals surface area contributed by atoms with E-state index in [0.717, 1.165) is 57.2 Å². The zero-order chi connectivity index (χ0) is 20.2. The van der Waals surface area contributed by atoms with Gasteiger partial charge < -0.3 is 19.7 Å². The summed E-state index contributed by atoms with van der Waals surface area (Å²) in [5.41, 5.74) is 2.36. The highest BCUT2D eigenvalue weighted by atomic mass is 16.5. The first-order chi connectivity index (χ1) is 13.6. The molecule has 3 rings (SSSR count). The first-order valence-corrected chi connectivity index (χ1v) is 9.11. The van der Waals surface area contributed by atoms with Crippen LogP contribution in [0.15, 0.2) is 54.6 Å². The Balaban J connectivity index is 0.000000409. The van der Waals surface area contributed by atoms with Gasteiger partial charge in [-0.3, -0.25) is 4.90 Å². The van der Waals surface area contributed by atoms with Gasteiger partial charge in [0.2, 0.25) is 0 Å². The fourth-order valence-electron chi connectivity index (χ4n) is 2.74. The second-order valence-electron chi connectivity index (χ2n) is 6.13. The van der Waals surface area contributed by atoms with Crippen molar-refractivity contribution in [3.63, 3.8) is 0 Å². The lowest BCUT2D eigenvalue weighted by atomic mass is 10.1. The lowest BCUT2D eigenvalue weighted by Gasteiger charge is -2.26. The topological polar surface area (TPSA) is 96.3 Å². The maximum atomic E-state index is 9.10. The summed E-state index contributed by atoms with van der Waals surface area (Å²) in [6, 6.07) is 18.7. The molecule has 1 saturated heterocycles. The molecule has 1 fully saturated rings. The van der Waals surface area contributed by atoms with Gasteiger partial charge in [0.15, 0.2) is 0 Å². The van der Waals surface area contributed by atoms with Gasteiger partial charge >= 0.3 is 11.9 Å². The largest absolute Gasteiger partial charge is 0.493 e. The molecular formula is C21H25NO6. The van der Waals surface area contributed by atoms with Crippen molar-refractivity contribution in [2.24, 2.45) is 0 Å². The van der Waals surface area contributed by atoms with Crippen molar-refractivity contribution in [2.45, 2.75) is 6.42 Å². The lowest BCUT2D eigenvalue weighted by molar-refractivity contribution is -0.159. The Morgan fingerprint density at radius 1 is 0.929 bits per heavy atom. The van der Waals surface area contributed by atoms with Crippen molar-refractivity contribution < 1.29 is 29.3 Å². The molecule has 0 radical (unpaired) electrons. The third-order valence-corrected chi connectivity index (χ3v) is 4.13. The fourth-order valence-corrected chi connectivity index (χ4v) is 2.74.